The van der Waals surface area contributed by atoms with Crippen LogP contribution in [-0.2, 0) is 9.53 Å². The van der Waals surface area contributed by atoms with E-state index in [9.17, 15) is 14.0 Å². The summed E-state index contributed by atoms with van der Waals surface area (Å²) in [5.74, 6) is -1.00. The standard InChI is InChI=1S/C22H24ClFN4O3/c1-13-5-6-15(10-20(13)26-14(2)29)21(30)28-22(25-12-17-4-3-9-31-17)27-16-7-8-19(24)18(23)11-16/h5-8,10-11,17H,3-4,9,12H2,1-2H3,(H,26,29)(H2,25,27,28,30)/t17-/m1/s1. The Morgan fingerprint density at radius 2 is 2.03 bits per heavy atom. The van der Waals surface area contributed by atoms with Crippen LogP contribution >= 0.6 is 11.6 Å². The van der Waals surface area contributed by atoms with Gasteiger partial charge in [0.1, 0.15) is 5.82 Å². The molecule has 0 bridgehead atoms. The topological polar surface area (TPSA) is 91.8 Å². The lowest BCUT2D eigenvalue weighted by Crippen LogP contribution is -2.36. The summed E-state index contributed by atoms with van der Waals surface area (Å²) in [6.45, 7) is 4.29. The van der Waals surface area contributed by atoms with Crippen molar-refractivity contribution in [1.29, 1.82) is 0 Å². The summed E-state index contributed by atoms with van der Waals surface area (Å²) in [5.41, 5.74) is 2.20. The van der Waals surface area contributed by atoms with Crippen molar-refractivity contribution in [2.75, 3.05) is 23.8 Å². The van der Waals surface area contributed by atoms with Crippen LogP contribution in [0.5, 0.6) is 0 Å². The van der Waals surface area contributed by atoms with Crippen LogP contribution in [0.15, 0.2) is 41.4 Å². The average Bonchev–Trinajstić information content (AvgIpc) is 3.24. The number of aryl methyl sites for hydroxylation is 1. The van der Waals surface area contributed by atoms with E-state index in [2.05, 4.69) is 20.9 Å². The van der Waals surface area contributed by atoms with Crippen LogP contribution < -0.4 is 16.0 Å². The Bertz CT molecular complexity index is 1010. The van der Waals surface area contributed by atoms with Gasteiger partial charge in [0, 0.05) is 30.5 Å². The minimum Gasteiger partial charge on any atom is -0.376 e. The van der Waals surface area contributed by atoms with Gasteiger partial charge in [-0.1, -0.05) is 17.7 Å². The number of halogens is 2. The van der Waals surface area contributed by atoms with Gasteiger partial charge in [-0.25, -0.2) is 9.38 Å². The second-order valence-corrected chi connectivity index (χ2v) is 7.65. The molecule has 31 heavy (non-hydrogen) atoms. The molecule has 1 aliphatic heterocycles. The highest BCUT2D eigenvalue weighted by molar-refractivity contribution is 6.31. The first-order valence-corrected chi connectivity index (χ1v) is 10.3. The van der Waals surface area contributed by atoms with Gasteiger partial charge in [-0.15, -0.1) is 0 Å². The van der Waals surface area contributed by atoms with E-state index in [0.717, 1.165) is 18.4 Å². The third-order valence-electron chi connectivity index (χ3n) is 4.70. The number of aliphatic imine (C=N–C) groups is 1. The van der Waals surface area contributed by atoms with Gasteiger partial charge in [0.25, 0.3) is 5.91 Å². The first-order chi connectivity index (χ1) is 14.8. The molecule has 3 rings (SSSR count). The molecule has 0 radical (unpaired) electrons. The fourth-order valence-electron chi connectivity index (χ4n) is 3.07. The lowest BCUT2D eigenvalue weighted by atomic mass is 10.1. The molecule has 2 aromatic rings. The minimum atomic E-state index is -0.542. The van der Waals surface area contributed by atoms with Crippen molar-refractivity contribution >= 4 is 40.7 Å². The van der Waals surface area contributed by atoms with Gasteiger partial charge in [0.15, 0.2) is 0 Å². The van der Waals surface area contributed by atoms with E-state index in [0.29, 0.717) is 30.1 Å². The van der Waals surface area contributed by atoms with Crippen LogP contribution in [-0.4, -0.2) is 37.0 Å². The number of amides is 2. The minimum absolute atomic E-state index is 0.0174. The molecule has 0 aliphatic carbocycles. The monoisotopic (exact) mass is 446 g/mol. The van der Waals surface area contributed by atoms with Crippen molar-refractivity contribution in [2.24, 2.45) is 4.99 Å². The zero-order valence-corrected chi connectivity index (χ0v) is 18.1. The van der Waals surface area contributed by atoms with Gasteiger partial charge in [-0.3, -0.25) is 14.9 Å². The first kappa shape index (κ1) is 22.7. The molecule has 2 aromatic carbocycles. The largest absolute Gasteiger partial charge is 0.376 e. The predicted octanol–water partition coefficient (Wildman–Crippen LogP) is 4.12. The van der Waals surface area contributed by atoms with Crippen LogP contribution in [0, 0.1) is 12.7 Å². The van der Waals surface area contributed by atoms with E-state index in [1.165, 1.54) is 25.1 Å². The van der Waals surface area contributed by atoms with Gasteiger partial charge in [-0.2, -0.15) is 0 Å². The summed E-state index contributed by atoms with van der Waals surface area (Å²) >= 11 is 5.86. The molecule has 1 atom stereocenters. The number of benzene rings is 2. The number of rotatable bonds is 5. The molecule has 0 spiro atoms. The van der Waals surface area contributed by atoms with E-state index in [4.69, 9.17) is 16.3 Å². The van der Waals surface area contributed by atoms with Gasteiger partial charge in [-0.05, 0) is 55.7 Å². The molecule has 1 heterocycles. The Balaban J connectivity index is 1.79. The Hall–Kier alpha value is -2.97. The van der Waals surface area contributed by atoms with Crippen molar-refractivity contribution < 1.29 is 18.7 Å². The molecule has 0 saturated carbocycles. The van der Waals surface area contributed by atoms with Gasteiger partial charge < -0.3 is 15.4 Å². The second-order valence-electron chi connectivity index (χ2n) is 7.24. The van der Waals surface area contributed by atoms with E-state index < -0.39 is 11.7 Å². The maximum absolute atomic E-state index is 13.5. The number of nitrogens with zero attached hydrogens (tertiary/aromatic N) is 1. The highest BCUT2D eigenvalue weighted by Gasteiger charge is 2.17. The highest BCUT2D eigenvalue weighted by Crippen LogP contribution is 2.20. The van der Waals surface area contributed by atoms with Crippen molar-refractivity contribution in [3.05, 3.63) is 58.4 Å². The third-order valence-corrected chi connectivity index (χ3v) is 4.99. The van der Waals surface area contributed by atoms with Crippen LogP contribution in [0.1, 0.15) is 35.7 Å². The Labute approximate surface area is 185 Å². The SMILES string of the molecule is CC(=O)Nc1cc(C(=O)NC(=NC[C@H]2CCCO2)Nc2ccc(F)c(Cl)c2)ccc1C. The van der Waals surface area contributed by atoms with Crippen molar-refractivity contribution in [3.63, 3.8) is 0 Å². The van der Waals surface area contributed by atoms with Crippen LogP contribution in [0.2, 0.25) is 5.02 Å². The lowest BCUT2D eigenvalue weighted by Gasteiger charge is -2.14. The summed E-state index contributed by atoms with van der Waals surface area (Å²) in [6, 6.07) is 9.13. The quantitative estimate of drug-likeness (QED) is 0.476. The number of carbonyl (C=O) groups excluding carboxylic acids is 2. The summed E-state index contributed by atoms with van der Waals surface area (Å²) in [7, 11) is 0. The number of nitrogens with one attached hydrogen (secondary N) is 3. The molecule has 1 fully saturated rings. The van der Waals surface area contributed by atoms with Gasteiger partial charge >= 0.3 is 0 Å². The van der Waals surface area contributed by atoms with Gasteiger partial charge in [0.2, 0.25) is 11.9 Å². The number of anilines is 2. The molecule has 1 saturated heterocycles. The molecule has 1 aliphatic rings. The molecular weight excluding hydrogens is 423 g/mol. The first-order valence-electron chi connectivity index (χ1n) is 9.89. The molecule has 3 N–H and O–H groups in total. The zero-order chi connectivity index (χ0) is 22.4. The number of carbonyl (C=O) groups is 2. The molecule has 2 amide bonds. The molecular formula is C22H24ClFN4O3. The smallest absolute Gasteiger partial charge is 0.258 e. The number of hydrogen-bond acceptors (Lipinski definition) is 4. The van der Waals surface area contributed by atoms with E-state index >= 15 is 0 Å². The van der Waals surface area contributed by atoms with Crippen LogP contribution in [0.25, 0.3) is 0 Å². The molecule has 0 aromatic heterocycles. The number of ether oxygens (including phenoxy) is 1. The maximum atomic E-state index is 13.5. The number of hydrogen-bond donors (Lipinski definition) is 3. The van der Waals surface area contributed by atoms with Crippen LogP contribution in [0.3, 0.4) is 0 Å². The molecule has 9 heteroatoms. The third kappa shape index (κ3) is 6.50. The van der Waals surface area contributed by atoms with Gasteiger partial charge in [0.05, 0.1) is 17.7 Å². The molecule has 7 nitrogen and oxygen atoms in total. The Morgan fingerprint density at radius 1 is 1.23 bits per heavy atom. The summed E-state index contributed by atoms with van der Waals surface area (Å²) in [5, 5.41) is 8.36. The van der Waals surface area contributed by atoms with E-state index in [-0.39, 0.29) is 23.0 Å². The molecule has 164 valence electrons. The zero-order valence-electron chi connectivity index (χ0n) is 17.3. The average molecular weight is 447 g/mol. The highest BCUT2D eigenvalue weighted by atomic mass is 35.5. The second kappa shape index (κ2) is 10.4. The Morgan fingerprint density at radius 3 is 2.71 bits per heavy atom. The fraction of sp³-hybridized carbons (Fsp3) is 0.318. The lowest BCUT2D eigenvalue weighted by molar-refractivity contribution is -0.114. The van der Waals surface area contributed by atoms with Crippen molar-refractivity contribution in [1.82, 2.24) is 5.32 Å². The predicted molar refractivity (Wildman–Crippen MR) is 119 cm³/mol. The molecule has 0 unspecified atom stereocenters. The maximum Gasteiger partial charge on any atom is 0.258 e. The normalized spacial score (nSPS) is 16.1. The van der Waals surface area contributed by atoms with Crippen molar-refractivity contribution in [2.45, 2.75) is 32.8 Å². The van der Waals surface area contributed by atoms with E-state index in [1.54, 1.807) is 18.2 Å². The Kier molecular flexibility index (Phi) is 7.59. The fourth-order valence-corrected chi connectivity index (χ4v) is 3.25. The van der Waals surface area contributed by atoms with Crippen molar-refractivity contribution in [3.8, 4) is 0 Å². The summed E-state index contributed by atoms with van der Waals surface area (Å²) < 4.78 is 19.1. The summed E-state index contributed by atoms with van der Waals surface area (Å²) in [4.78, 5) is 28.7. The van der Waals surface area contributed by atoms with Crippen LogP contribution in [0.4, 0.5) is 15.8 Å². The summed E-state index contributed by atoms with van der Waals surface area (Å²) in [6.07, 6.45) is 1.85. The number of guanidine groups is 1. The van der Waals surface area contributed by atoms with E-state index in [1.807, 2.05) is 6.92 Å².